The van der Waals surface area contributed by atoms with Crippen LogP contribution in [0.3, 0.4) is 0 Å². The van der Waals surface area contributed by atoms with Gasteiger partial charge in [0.1, 0.15) is 11.5 Å². The summed E-state index contributed by atoms with van der Waals surface area (Å²) >= 11 is 0. The number of nitrogens with zero attached hydrogens (tertiary/aromatic N) is 5. The van der Waals surface area contributed by atoms with E-state index in [0.29, 0.717) is 24.7 Å². The Bertz CT molecular complexity index is 906. The highest BCUT2D eigenvalue weighted by molar-refractivity contribution is 5.92. The molecule has 3 heterocycles. The molecular formula is C18H17N5O2. The minimum atomic E-state index is -0.0738. The van der Waals surface area contributed by atoms with E-state index in [1.54, 1.807) is 11.0 Å². The van der Waals surface area contributed by atoms with Crippen LogP contribution in [0.4, 0.5) is 0 Å². The van der Waals surface area contributed by atoms with Crippen LogP contribution < -0.4 is 0 Å². The summed E-state index contributed by atoms with van der Waals surface area (Å²) in [6.45, 7) is 1.23. The number of carbonyl (C=O) groups excluding carboxylic acids is 1. The molecule has 3 aromatic rings. The molecule has 0 atom stereocenters. The fourth-order valence-electron chi connectivity index (χ4n) is 3.10. The Morgan fingerprint density at radius 1 is 1.16 bits per heavy atom. The van der Waals surface area contributed by atoms with Gasteiger partial charge in [-0.25, -0.2) is 4.68 Å². The van der Waals surface area contributed by atoms with E-state index in [4.69, 9.17) is 4.52 Å². The van der Waals surface area contributed by atoms with Crippen LogP contribution >= 0.6 is 0 Å². The number of likely N-dealkylation sites (tertiary alicyclic amines) is 1. The number of amides is 1. The average Bonchev–Trinajstić information content (AvgIpc) is 3.14. The molecule has 0 bridgehead atoms. The topological polar surface area (TPSA) is 77.0 Å². The fraction of sp³-hybridized carbons (Fsp3) is 0.333. The van der Waals surface area contributed by atoms with Crippen molar-refractivity contribution in [3.8, 4) is 11.3 Å². The molecule has 2 aromatic heterocycles. The number of hydrogen-bond donors (Lipinski definition) is 0. The van der Waals surface area contributed by atoms with Gasteiger partial charge in [0.05, 0.1) is 12.2 Å². The lowest BCUT2D eigenvalue weighted by Gasteiger charge is -2.38. The van der Waals surface area contributed by atoms with Gasteiger partial charge >= 0.3 is 0 Å². The first-order valence-electron chi connectivity index (χ1n) is 8.51. The van der Waals surface area contributed by atoms with Crippen LogP contribution in [0, 0.1) is 0 Å². The number of rotatable bonds is 4. The average molecular weight is 335 g/mol. The normalized spacial score (nSPS) is 17.5. The zero-order valence-electron chi connectivity index (χ0n) is 13.6. The van der Waals surface area contributed by atoms with Crippen molar-refractivity contribution in [1.82, 2.24) is 25.1 Å². The van der Waals surface area contributed by atoms with Gasteiger partial charge in [-0.2, -0.15) is 0 Å². The molecule has 0 unspecified atom stereocenters. The predicted molar refractivity (Wildman–Crippen MR) is 88.9 cm³/mol. The third-order valence-electron chi connectivity index (χ3n) is 4.83. The molecule has 25 heavy (non-hydrogen) atoms. The quantitative estimate of drug-likeness (QED) is 0.732. The van der Waals surface area contributed by atoms with Gasteiger partial charge in [-0.05, 0) is 12.8 Å². The summed E-state index contributed by atoms with van der Waals surface area (Å²) in [5.41, 5.74) is 2.29. The zero-order valence-corrected chi connectivity index (χ0v) is 13.6. The molecule has 0 N–H and O–H groups in total. The summed E-state index contributed by atoms with van der Waals surface area (Å²) < 4.78 is 7.11. The van der Waals surface area contributed by atoms with Crippen molar-refractivity contribution in [3.05, 3.63) is 54.0 Å². The Morgan fingerprint density at radius 3 is 2.72 bits per heavy atom. The van der Waals surface area contributed by atoms with Crippen molar-refractivity contribution in [2.24, 2.45) is 0 Å². The second kappa shape index (κ2) is 5.54. The van der Waals surface area contributed by atoms with Crippen LogP contribution in [0.15, 0.2) is 47.1 Å². The van der Waals surface area contributed by atoms with Gasteiger partial charge < -0.3 is 9.42 Å². The molecule has 1 aromatic carbocycles. The Morgan fingerprint density at radius 2 is 1.96 bits per heavy atom. The van der Waals surface area contributed by atoms with Crippen molar-refractivity contribution in [2.75, 3.05) is 13.1 Å². The molecule has 0 radical (unpaired) electrons. The summed E-state index contributed by atoms with van der Waals surface area (Å²) in [6, 6.07) is 11.9. The molecular weight excluding hydrogens is 318 g/mol. The third kappa shape index (κ3) is 2.61. The van der Waals surface area contributed by atoms with Gasteiger partial charge in [0.2, 0.25) is 0 Å². The van der Waals surface area contributed by atoms with Crippen molar-refractivity contribution in [1.29, 1.82) is 0 Å². The van der Waals surface area contributed by atoms with Crippen LogP contribution in [0.5, 0.6) is 0 Å². The van der Waals surface area contributed by atoms with Gasteiger partial charge in [0.15, 0.2) is 5.69 Å². The Balaban J connectivity index is 1.24. The lowest BCUT2D eigenvalue weighted by Crippen LogP contribution is -2.51. The molecule has 1 saturated heterocycles. The van der Waals surface area contributed by atoms with Crippen LogP contribution in [-0.2, 0) is 0 Å². The van der Waals surface area contributed by atoms with Gasteiger partial charge in [0, 0.05) is 30.6 Å². The molecule has 7 heteroatoms. The first kappa shape index (κ1) is 14.4. The number of hydrogen-bond acceptors (Lipinski definition) is 5. The third-order valence-corrected chi connectivity index (χ3v) is 4.83. The molecule has 5 rings (SSSR count). The summed E-state index contributed by atoms with van der Waals surface area (Å²) in [5.74, 6) is 1.23. The standard InChI is InChI=1S/C18H17N5O2/c24-18(15-8-17(25-20-15)13-6-7-13)22-9-14(10-22)23-11-16(19-21-23)12-4-2-1-3-5-12/h1-5,8,11,13-14H,6-7,9-10H2. The number of carbonyl (C=O) groups is 1. The largest absolute Gasteiger partial charge is 0.360 e. The highest BCUT2D eigenvalue weighted by Crippen LogP contribution is 2.40. The summed E-state index contributed by atoms with van der Waals surface area (Å²) in [7, 11) is 0. The number of benzene rings is 1. The molecule has 7 nitrogen and oxygen atoms in total. The van der Waals surface area contributed by atoms with Crippen LogP contribution in [-0.4, -0.2) is 44.0 Å². The van der Waals surface area contributed by atoms with E-state index in [1.807, 2.05) is 41.2 Å². The van der Waals surface area contributed by atoms with E-state index in [-0.39, 0.29) is 11.9 Å². The Kier molecular flexibility index (Phi) is 3.19. The smallest absolute Gasteiger partial charge is 0.276 e. The molecule has 2 aliphatic rings. The Hall–Kier alpha value is -2.96. The second-order valence-corrected chi connectivity index (χ2v) is 6.70. The molecule has 1 aliphatic carbocycles. The van der Waals surface area contributed by atoms with Gasteiger partial charge in [-0.3, -0.25) is 4.79 Å². The first-order chi connectivity index (χ1) is 12.3. The molecule has 1 aliphatic heterocycles. The van der Waals surface area contributed by atoms with Crippen LogP contribution in [0.1, 0.15) is 41.1 Å². The van der Waals surface area contributed by atoms with E-state index >= 15 is 0 Å². The van der Waals surface area contributed by atoms with Crippen molar-refractivity contribution in [3.63, 3.8) is 0 Å². The first-order valence-corrected chi connectivity index (χ1v) is 8.51. The second-order valence-electron chi connectivity index (χ2n) is 6.70. The maximum atomic E-state index is 12.4. The van der Waals surface area contributed by atoms with Gasteiger partial charge in [-0.15, -0.1) is 5.10 Å². The molecule has 126 valence electrons. The SMILES string of the molecule is O=C(c1cc(C2CC2)on1)N1CC(n2cc(-c3ccccc3)nn2)C1. The van der Waals surface area contributed by atoms with E-state index in [2.05, 4.69) is 15.5 Å². The minimum absolute atomic E-state index is 0.0738. The van der Waals surface area contributed by atoms with Crippen molar-refractivity contribution in [2.45, 2.75) is 24.8 Å². The summed E-state index contributed by atoms with van der Waals surface area (Å²) in [4.78, 5) is 14.2. The molecule has 1 saturated carbocycles. The van der Waals surface area contributed by atoms with Crippen LogP contribution in [0.25, 0.3) is 11.3 Å². The Labute approximate surface area is 144 Å². The lowest BCUT2D eigenvalue weighted by molar-refractivity contribution is 0.0488. The van der Waals surface area contributed by atoms with E-state index in [9.17, 15) is 4.79 Å². The number of aromatic nitrogens is 4. The van der Waals surface area contributed by atoms with Gasteiger partial charge in [-0.1, -0.05) is 40.7 Å². The maximum Gasteiger partial charge on any atom is 0.276 e. The minimum Gasteiger partial charge on any atom is -0.360 e. The zero-order chi connectivity index (χ0) is 16.8. The summed E-state index contributed by atoms with van der Waals surface area (Å²) in [6.07, 6.45) is 4.19. The van der Waals surface area contributed by atoms with E-state index in [1.165, 1.54) is 0 Å². The highest BCUT2D eigenvalue weighted by Gasteiger charge is 2.36. The van der Waals surface area contributed by atoms with Crippen LogP contribution in [0.2, 0.25) is 0 Å². The highest BCUT2D eigenvalue weighted by atomic mass is 16.5. The van der Waals surface area contributed by atoms with Crippen molar-refractivity contribution < 1.29 is 9.32 Å². The molecule has 0 spiro atoms. The fourth-order valence-corrected chi connectivity index (χ4v) is 3.10. The lowest BCUT2D eigenvalue weighted by atomic mass is 10.1. The van der Waals surface area contributed by atoms with E-state index < -0.39 is 0 Å². The summed E-state index contributed by atoms with van der Waals surface area (Å²) in [5, 5.41) is 12.4. The molecule has 1 amide bonds. The van der Waals surface area contributed by atoms with Gasteiger partial charge in [0.25, 0.3) is 5.91 Å². The van der Waals surface area contributed by atoms with Crippen molar-refractivity contribution >= 4 is 5.91 Å². The monoisotopic (exact) mass is 335 g/mol. The maximum absolute atomic E-state index is 12.4. The molecule has 2 fully saturated rings. The predicted octanol–water partition coefficient (Wildman–Crippen LogP) is 2.51. The van der Waals surface area contributed by atoms with E-state index in [0.717, 1.165) is 29.9 Å².